The molecule has 68 valence electrons. The summed E-state index contributed by atoms with van der Waals surface area (Å²) in [4.78, 5) is 18.2. The van der Waals surface area contributed by atoms with E-state index in [1.807, 2.05) is 0 Å². The van der Waals surface area contributed by atoms with Gasteiger partial charge in [0.1, 0.15) is 0 Å². The second-order valence-corrected chi connectivity index (χ2v) is 1.49. The standard InChI is InChI=1S/C3H6O3.C2H4O2.Ca.GeH4/c1-2(4)3(5)6;1-2(3)4;;/h2,4H,1H3,(H,5,6);1H3,(H,3,4);;1H4/q;;+2;/p-2. The van der Waals surface area contributed by atoms with Crippen molar-refractivity contribution < 1.29 is 24.9 Å². The van der Waals surface area contributed by atoms with Gasteiger partial charge in [0, 0.05) is 5.97 Å². The van der Waals surface area contributed by atoms with Gasteiger partial charge in [0.05, 0.1) is 12.1 Å². The maximum absolute atomic E-state index is 9.34. The molecule has 0 spiro atoms. The summed E-state index contributed by atoms with van der Waals surface area (Å²) in [5.41, 5.74) is 0. The summed E-state index contributed by atoms with van der Waals surface area (Å²) in [6, 6.07) is 0. The molecule has 0 rings (SSSR count). The van der Waals surface area contributed by atoms with Gasteiger partial charge in [0.2, 0.25) is 0 Å². The van der Waals surface area contributed by atoms with E-state index in [1.165, 1.54) is 0 Å². The Morgan fingerprint density at radius 3 is 1.42 bits per heavy atom. The van der Waals surface area contributed by atoms with Gasteiger partial charge in [-0.15, -0.1) is 0 Å². The van der Waals surface area contributed by atoms with Gasteiger partial charge in [-0.1, -0.05) is 0 Å². The van der Waals surface area contributed by atoms with E-state index < -0.39 is 18.0 Å². The normalized spacial score (nSPS) is 8.92. The Bertz CT molecular complexity index is 123. The first-order valence-electron chi connectivity index (χ1n) is 2.44. The monoisotopic (exact) mass is 266 g/mol. The summed E-state index contributed by atoms with van der Waals surface area (Å²) in [5, 5.41) is 26.2. The van der Waals surface area contributed by atoms with E-state index in [9.17, 15) is 9.90 Å². The van der Waals surface area contributed by atoms with Crippen LogP contribution in [-0.2, 0) is 9.59 Å². The molecular formula is C5H12CaGeO5. The zero-order chi connectivity index (χ0) is 8.73. The van der Waals surface area contributed by atoms with E-state index in [1.54, 1.807) is 0 Å². The minimum absolute atomic E-state index is 0. The van der Waals surface area contributed by atoms with Gasteiger partial charge in [-0.05, 0) is 13.8 Å². The summed E-state index contributed by atoms with van der Waals surface area (Å²) < 4.78 is 0. The molecule has 0 aliphatic carbocycles. The first-order chi connectivity index (χ1) is 4.37. The van der Waals surface area contributed by atoms with Gasteiger partial charge in [-0.25, -0.2) is 0 Å². The molecular weight excluding hydrogens is 253 g/mol. The van der Waals surface area contributed by atoms with Crippen LogP contribution < -0.4 is 10.2 Å². The fraction of sp³-hybridized carbons (Fsp3) is 0.600. The number of hydrogen-bond acceptors (Lipinski definition) is 5. The Kier molecular flexibility index (Phi) is 27.3. The number of aliphatic hydroxyl groups excluding tert-OH is 1. The molecule has 0 heterocycles. The quantitative estimate of drug-likeness (QED) is 0.478. The molecule has 1 unspecified atom stereocenters. The van der Waals surface area contributed by atoms with Gasteiger partial charge >= 0.3 is 55.3 Å². The van der Waals surface area contributed by atoms with Crippen molar-refractivity contribution in [3.05, 3.63) is 0 Å². The third kappa shape index (κ3) is 45.6. The predicted octanol–water partition coefficient (Wildman–Crippen LogP) is -4.96. The molecule has 0 bridgehead atoms. The van der Waals surface area contributed by atoms with Gasteiger partial charge < -0.3 is 24.9 Å². The third-order valence-electron chi connectivity index (χ3n) is 0.341. The van der Waals surface area contributed by atoms with Crippen molar-refractivity contribution in [3.8, 4) is 0 Å². The molecule has 7 heteroatoms. The fourth-order valence-electron chi connectivity index (χ4n) is 0. The fourth-order valence-corrected chi connectivity index (χ4v) is 0. The van der Waals surface area contributed by atoms with Crippen molar-refractivity contribution in [2.75, 3.05) is 0 Å². The predicted molar refractivity (Wildman–Crippen MR) is 44.5 cm³/mol. The van der Waals surface area contributed by atoms with Crippen molar-refractivity contribution in [1.82, 2.24) is 0 Å². The molecule has 0 aliphatic rings. The summed E-state index contributed by atoms with van der Waals surface area (Å²) in [7, 11) is 0. The van der Waals surface area contributed by atoms with Crippen LogP contribution in [0.25, 0.3) is 0 Å². The average molecular weight is 265 g/mol. The molecule has 1 N–H and O–H groups in total. The van der Waals surface area contributed by atoms with E-state index in [0.717, 1.165) is 13.8 Å². The summed E-state index contributed by atoms with van der Waals surface area (Å²) in [6.45, 7) is 2.11. The molecule has 0 saturated carbocycles. The van der Waals surface area contributed by atoms with E-state index in [-0.39, 0.29) is 55.3 Å². The Morgan fingerprint density at radius 2 is 1.42 bits per heavy atom. The van der Waals surface area contributed by atoms with Crippen molar-refractivity contribution in [2.45, 2.75) is 20.0 Å². The molecule has 0 aromatic carbocycles. The van der Waals surface area contributed by atoms with E-state index in [0.29, 0.717) is 0 Å². The van der Waals surface area contributed by atoms with Crippen molar-refractivity contribution in [3.63, 3.8) is 0 Å². The number of carboxylic acid groups (broad SMARTS) is 2. The number of carbonyl (C=O) groups is 2. The Hall–Kier alpha value is 0.703. The molecule has 0 amide bonds. The van der Waals surface area contributed by atoms with Crippen LogP contribution in [-0.4, -0.2) is 78.5 Å². The summed E-state index contributed by atoms with van der Waals surface area (Å²) in [5.74, 6) is -2.52. The number of aliphatic hydroxyl groups is 1. The van der Waals surface area contributed by atoms with E-state index >= 15 is 0 Å². The first kappa shape index (κ1) is 23.0. The summed E-state index contributed by atoms with van der Waals surface area (Å²) in [6.07, 6.45) is -1.34. The number of aliphatic carboxylic acids is 2. The molecule has 0 aliphatic heterocycles. The molecule has 12 heavy (non-hydrogen) atoms. The first-order valence-corrected chi connectivity index (χ1v) is 2.44. The number of carboxylic acids is 2. The summed E-state index contributed by atoms with van der Waals surface area (Å²) >= 11 is 0. The Labute approximate surface area is 111 Å². The molecule has 1 atom stereocenters. The maximum atomic E-state index is 9.34. The zero-order valence-corrected chi connectivity index (χ0v) is 8.57. The van der Waals surface area contributed by atoms with Crippen LogP contribution in [0.3, 0.4) is 0 Å². The van der Waals surface area contributed by atoms with Crippen molar-refractivity contribution >= 4 is 67.3 Å². The van der Waals surface area contributed by atoms with Crippen LogP contribution in [0.1, 0.15) is 13.8 Å². The van der Waals surface area contributed by atoms with Gasteiger partial charge in [-0.2, -0.15) is 0 Å². The second-order valence-electron chi connectivity index (χ2n) is 1.49. The minimum atomic E-state index is -1.44. The molecule has 0 aromatic rings. The molecule has 0 fully saturated rings. The topological polar surface area (TPSA) is 100 Å². The molecule has 0 radical (unpaired) electrons. The number of rotatable bonds is 1. The second kappa shape index (κ2) is 14.2. The van der Waals surface area contributed by atoms with Crippen LogP contribution >= 0.6 is 0 Å². The SMILES string of the molecule is CC(=O)[O-].CC(O)C(=O)[O-].[Ca+2].[GeH4]. The van der Waals surface area contributed by atoms with Crippen LogP contribution in [0.5, 0.6) is 0 Å². The van der Waals surface area contributed by atoms with Crippen LogP contribution in [0, 0.1) is 0 Å². The molecule has 0 saturated heterocycles. The Balaban J connectivity index is -0.0000000483. The van der Waals surface area contributed by atoms with E-state index in [2.05, 4.69) is 0 Å². The van der Waals surface area contributed by atoms with Crippen LogP contribution in [0.2, 0.25) is 0 Å². The van der Waals surface area contributed by atoms with E-state index in [4.69, 9.17) is 15.0 Å². The molecule has 5 nitrogen and oxygen atoms in total. The van der Waals surface area contributed by atoms with Crippen LogP contribution in [0.15, 0.2) is 0 Å². The number of carbonyl (C=O) groups excluding carboxylic acids is 2. The van der Waals surface area contributed by atoms with Crippen molar-refractivity contribution in [1.29, 1.82) is 0 Å². The van der Waals surface area contributed by atoms with Crippen molar-refractivity contribution in [2.24, 2.45) is 0 Å². The zero-order valence-electron chi connectivity index (χ0n) is 6.36. The average Bonchev–Trinajstić information content (AvgIpc) is 1.63. The Morgan fingerprint density at radius 1 is 1.33 bits per heavy atom. The van der Waals surface area contributed by atoms with Crippen LogP contribution in [0.4, 0.5) is 0 Å². The van der Waals surface area contributed by atoms with Gasteiger partial charge in [-0.3, -0.25) is 0 Å². The van der Waals surface area contributed by atoms with Gasteiger partial charge in [0.25, 0.3) is 0 Å². The third-order valence-corrected chi connectivity index (χ3v) is 0.341. The number of hydrogen-bond donors (Lipinski definition) is 1. The van der Waals surface area contributed by atoms with Gasteiger partial charge in [0.15, 0.2) is 0 Å². The molecule has 0 aromatic heterocycles.